The van der Waals surface area contributed by atoms with Gasteiger partial charge in [-0.2, -0.15) is 0 Å². The smallest absolute Gasteiger partial charge is 0.260 e. The Kier molecular flexibility index (Phi) is 5.87. The van der Waals surface area contributed by atoms with Crippen LogP contribution in [0.25, 0.3) is 0 Å². The summed E-state index contributed by atoms with van der Waals surface area (Å²) >= 11 is 3.38. The van der Waals surface area contributed by atoms with Gasteiger partial charge in [-0.25, -0.2) is 0 Å². The summed E-state index contributed by atoms with van der Waals surface area (Å²) in [6, 6.07) is 7.54. The summed E-state index contributed by atoms with van der Waals surface area (Å²) in [6.07, 6.45) is 1.12. The van der Waals surface area contributed by atoms with Crippen LogP contribution in [0.5, 0.6) is 5.75 Å². The van der Waals surface area contributed by atoms with E-state index in [2.05, 4.69) is 41.6 Å². The molecule has 1 saturated heterocycles. The van der Waals surface area contributed by atoms with Crippen molar-refractivity contribution in [3.05, 3.63) is 28.7 Å². The Morgan fingerprint density at radius 2 is 1.77 bits per heavy atom. The molecule has 1 amide bonds. The fraction of sp³-hybridized carbons (Fsp3) is 0.588. The van der Waals surface area contributed by atoms with Crippen LogP contribution < -0.4 is 4.74 Å². The molecule has 0 unspecified atom stereocenters. The van der Waals surface area contributed by atoms with Gasteiger partial charge in [0, 0.05) is 36.2 Å². The normalized spacial score (nSPS) is 16.6. The van der Waals surface area contributed by atoms with Crippen molar-refractivity contribution in [3.63, 3.8) is 0 Å². The molecule has 1 aliphatic heterocycles. The molecule has 1 aromatic rings. The zero-order chi connectivity index (χ0) is 16.2. The van der Waals surface area contributed by atoms with E-state index in [-0.39, 0.29) is 18.1 Å². The number of amides is 1. The van der Waals surface area contributed by atoms with Gasteiger partial charge in [-0.15, -0.1) is 0 Å². The number of benzene rings is 1. The molecule has 22 heavy (non-hydrogen) atoms. The Hall–Kier alpha value is -1.07. The van der Waals surface area contributed by atoms with E-state index >= 15 is 0 Å². The van der Waals surface area contributed by atoms with Crippen molar-refractivity contribution < 1.29 is 9.53 Å². The third kappa shape index (κ3) is 4.46. The molecule has 122 valence electrons. The number of piperazine rings is 1. The summed E-state index contributed by atoms with van der Waals surface area (Å²) < 4.78 is 6.57. The maximum absolute atomic E-state index is 12.2. The van der Waals surface area contributed by atoms with Crippen molar-refractivity contribution in [1.29, 1.82) is 0 Å². The number of hydrogen-bond donors (Lipinski definition) is 0. The highest BCUT2D eigenvalue weighted by Gasteiger charge is 2.29. The Bertz CT molecular complexity index is 494. The van der Waals surface area contributed by atoms with Crippen LogP contribution in [0.2, 0.25) is 0 Å². The lowest BCUT2D eigenvalue weighted by molar-refractivity contribution is -0.136. The molecule has 0 N–H and O–H groups in total. The highest BCUT2D eigenvalue weighted by atomic mass is 79.9. The topological polar surface area (TPSA) is 32.8 Å². The molecule has 0 saturated carbocycles. The number of carbonyl (C=O) groups is 1. The van der Waals surface area contributed by atoms with Gasteiger partial charge in [0.25, 0.3) is 5.91 Å². The summed E-state index contributed by atoms with van der Waals surface area (Å²) in [4.78, 5) is 16.6. The van der Waals surface area contributed by atoms with Crippen molar-refractivity contribution in [2.75, 3.05) is 32.8 Å². The maximum atomic E-state index is 12.2. The monoisotopic (exact) mass is 368 g/mol. The van der Waals surface area contributed by atoms with Crippen molar-refractivity contribution in [3.8, 4) is 5.75 Å². The molecule has 1 heterocycles. The van der Waals surface area contributed by atoms with Gasteiger partial charge in [0.2, 0.25) is 0 Å². The number of hydrogen-bond acceptors (Lipinski definition) is 3. The molecule has 1 aliphatic rings. The van der Waals surface area contributed by atoms with Crippen LogP contribution in [0.15, 0.2) is 28.7 Å². The molecule has 1 aromatic carbocycles. The van der Waals surface area contributed by atoms with E-state index in [1.807, 2.05) is 29.2 Å². The highest BCUT2D eigenvalue weighted by Crippen LogP contribution is 2.20. The SMILES string of the molecule is CCC(C)(C)N1CCN(C(=O)COc2ccc(Br)cc2)CC1. The molecule has 2 rings (SSSR count). The molecule has 0 spiro atoms. The standard InChI is InChI=1S/C17H25BrN2O2/c1-4-17(2,3)20-11-9-19(10-12-20)16(21)13-22-15-7-5-14(18)6-8-15/h5-8H,4,9-13H2,1-3H3. The third-order valence-electron chi connectivity index (χ3n) is 4.53. The first kappa shape index (κ1) is 17.3. The van der Waals surface area contributed by atoms with E-state index in [0.29, 0.717) is 0 Å². The van der Waals surface area contributed by atoms with Gasteiger partial charge < -0.3 is 9.64 Å². The fourth-order valence-electron chi connectivity index (χ4n) is 2.55. The lowest BCUT2D eigenvalue weighted by Gasteiger charge is -2.43. The van der Waals surface area contributed by atoms with Gasteiger partial charge in [0.15, 0.2) is 6.61 Å². The lowest BCUT2D eigenvalue weighted by Crippen LogP contribution is -2.56. The summed E-state index contributed by atoms with van der Waals surface area (Å²) in [7, 11) is 0. The quantitative estimate of drug-likeness (QED) is 0.799. The zero-order valence-corrected chi connectivity index (χ0v) is 15.2. The Labute approximate surface area is 141 Å². The molecule has 0 atom stereocenters. The minimum absolute atomic E-state index is 0.0665. The first-order chi connectivity index (χ1) is 10.4. The molecular weight excluding hydrogens is 344 g/mol. The van der Waals surface area contributed by atoms with Crippen LogP contribution in [0, 0.1) is 0 Å². The van der Waals surface area contributed by atoms with Gasteiger partial charge >= 0.3 is 0 Å². The Morgan fingerprint density at radius 1 is 1.18 bits per heavy atom. The van der Waals surface area contributed by atoms with Gasteiger partial charge in [0.05, 0.1) is 0 Å². The molecule has 0 bridgehead atoms. The predicted octanol–water partition coefficient (Wildman–Crippen LogP) is 3.16. The summed E-state index contributed by atoms with van der Waals surface area (Å²) in [5.74, 6) is 0.791. The molecule has 1 fully saturated rings. The summed E-state index contributed by atoms with van der Waals surface area (Å²) in [5.41, 5.74) is 0.211. The second kappa shape index (κ2) is 7.47. The molecular formula is C17H25BrN2O2. The van der Waals surface area contributed by atoms with Crippen molar-refractivity contribution in [2.45, 2.75) is 32.7 Å². The molecule has 0 radical (unpaired) electrons. The fourth-order valence-corrected chi connectivity index (χ4v) is 2.82. The third-order valence-corrected chi connectivity index (χ3v) is 5.06. The first-order valence-corrected chi connectivity index (χ1v) is 8.63. The number of nitrogens with zero attached hydrogens (tertiary/aromatic N) is 2. The van der Waals surface area contributed by atoms with Gasteiger partial charge in [-0.1, -0.05) is 22.9 Å². The van der Waals surface area contributed by atoms with E-state index in [9.17, 15) is 4.79 Å². The van der Waals surface area contributed by atoms with Crippen LogP contribution in [-0.4, -0.2) is 54.0 Å². The molecule has 4 nitrogen and oxygen atoms in total. The molecule has 0 aromatic heterocycles. The van der Waals surface area contributed by atoms with Gasteiger partial charge in [-0.3, -0.25) is 9.69 Å². The molecule has 5 heteroatoms. The number of ether oxygens (including phenoxy) is 1. The second-order valence-corrected chi connectivity index (χ2v) is 7.19. The second-order valence-electron chi connectivity index (χ2n) is 6.28. The van der Waals surface area contributed by atoms with E-state index in [1.54, 1.807) is 0 Å². The Balaban J connectivity index is 1.79. The number of halogens is 1. The van der Waals surface area contributed by atoms with Crippen molar-refractivity contribution in [2.24, 2.45) is 0 Å². The van der Waals surface area contributed by atoms with Crippen LogP contribution in [0.4, 0.5) is 0 Å². The highest BCUT2D eigenvalue weighted by molar-refractivity contribution is 9.10. The van der Waals surface area contributed by atoms with E-state index < -0.39 is 0 Å². The minimum Gasteiger partial charge on any atom is -0.484 e. The van der Waals surface area contributed by atoms with Crippen molar-refractivity contribution in [1.82, 2.24) is 9.80 Å². The number of rotatable bonds is 5. The van der Waals surface area contributed by atoms with Gasteiger partial charge in [-0.05, 0) is 44.5 Å². The average molecular weight is 369 g/mol. The predicted molar refractivity (Wildman–Crippen MR) is 92.2 cm³/mol. The van der Waals surface area contributed by atoms with E-state index in [4.69, 9.17) is 4.74 Å². The maximum Gasteiger partial charge on any atom is 0.260 e. The summed E-state index contributed by atoms with van der Waals surface area (Å²) in [5, 5.41) is 0. The van der Waals surface area contributed by atoms with E-state index in [1.165, 1.54) is 0 Å². The van der Waals surface area contributed by atoms with Crippen LogP contribution in [0.3, 0.4) is 0 Å². The lowest BCUT2D eigenvalue weighted by atomic mass is 9.98. The zero-order valence-electron chi connectivity index (χ0n) is 13.6. The first-order valence-electron chi connectivity index (χ1n) is 7.83. The van der Waals surface area contributed by atoms with Crippen molar-refractivity contribution >= 4 is 21.8 Å². The van der Waals surface area contributed by atoms with Crippen LogP contribution >= 0.6 is 15.9 Å². The summed E-state index contributed by atoms with van der Waals surface area (Å²) in [6.45, 7) is 10.3. The van der Waals surface area contributed by atoms with E-state index in [0.717, 1.165) is 42.8 Å². The average Bonchev–Trinajstić information content (AvgIpc) is 2.54. The van der Waals surface area contributed by atoms with Crippen LogP contribution in [-0.2, 0) is 4.79 Å². The van der Waals surface area contributed by atoms with Crippen LogP contribution in [0.1, 0.15) is 27.2 Å². The Morgan fingerprint density at radius 3 is 2.32 bits per heavy atom. The largest absolute Gasteiger partial charge is 0.484 e. The molecule has 0 aliphatic carbocycles. The number of carbonyl (C=O) groups excluding carboxylic acids is 1. The van der Waals surface area contributed by atoms with Gasteiger partial charge in [0.1, 0.15) is 5.75 Å². The minimum atomic E-state index is 0.0665.